The van der Waals surface area contributed by atoms with Crippen molar-refractivity contribution in [2.45, 2.75) is 6.54 Å². The van der Waals surface area contributed by atoms with E-state index < -0.39 is 0 Å². The molecule has 0 unspecified atom stereocenters. The molecule has 2 aromatic rings. The molecule has 2 aromatic carbocycles. The van der Waals surface area contributed by atoms with Crippen LogP contribution in [0.1, 0.15) is 26.3 Å². The fourth-order valence-electron chi connectivity index (χ4n) is 2.02. The molecule has 2 amide bonds. The maximum absolute atomic E-state index is 12.0. The van der Waals surface area contributed by atoms with Crippen LogP contribution in [0.2, 0.25) is 0 Å². The first kappa shape index (κ1) is 16.7. The quantitative estimate of drug-likeness (QED) is 0.768. The fourth-order valence-corrected chi connectivity index (χ4v) is 2.02. The Kier molecular flexibility index (Phi) is 6.32. The highest BCUT2D eigenvalue weighted by molar-refractivity contribution is 5.94. The van der Waals surface area contributed by atoms with Crippen LogP contribution in [-0.4, -0.2) is 32.1 Å². The van der Waals surface area contributed by atoms with Crippen molar-refractivity contribution in [3.05, 3.63) is 71.3 Å². The predicted molar refractivity (Wildman–Crippen MR) is 88.3 cm³/mol. The lowest BCUT2D eigenvalue weighted by Crippen LogP contribution is -2.27. The number of ether oxygens (including phenoxy) is 1. The summed E-state index contributed by atoms with van der Waals surface area (Å²) in [6.45, 7) is 1.37. The molecule has 5 nitrogen and oxygen atoms in total. The maximum atomic E-state index is 12.0. The molecule has 0 saturated heterocycles. The largest absolute Gasteiger partial charge is 0.383 e. The van der Waals surface area contributed by atoms with Crippen LogP contribution in [0.3, 0.4) is 0 Å². The Bertz CT molecular complexity index is 639. The Hall–Kier alpha value is -2.66. The second-order valence-electron chi connectivity index (χ2n) is 4.99. The standard InChI is InChI=1S/C18H20N2O3/c1-23-12-11-19-17(21)16-9-7-14(8-10-16)13-20-18(22)15-5-3-2-4-6-15/h2-10H,11-13H2,1H3,(H,19,21)(H,20,22). The van der Waals surface area contributed by atoms with Crippen molar-refractivity contribution >= 4 is 11.8 Å². The van der Waals surface area contributed by atoms with E-state index in [9.17, 15) is 9.59 Å². The van der Waals surface area contributed by atoms with Crippen molar-refractivity contribution in [2.75, 3.05) is 20.3 Å². The highest BCUT2D eigenvalue weighted by Gasteiger charge is 2.06. The summed E-state index contributed by atoms with van der Waals surface area (Å²) in [4.78, 5) is 23.8. The second-order valence-corrected chi connectivity index (χ2v) is 4.99. The highest BCUT2D eigenvalue weighted by Crippen LogP contribution is 2.05. The van der Waals surface area contributed by atoms with Crippen LogP contribution in [0, 0.1) is 0 Å². The predicted octanol–water partition coefficient (Wildman–Crippen LogP) is 1.99. The van der Waals surface area contributed by atoms with E-state index in [1.54, 1.807) is 31.4 Å². The summed E-state index contributed by atoms with van der Waals surface area (Å²) >= 11 is 0. The number of carbonyl (C=O) groups is 2. The molecule has 0 aliphatic rings. The molecule has 0 bridgehead atoms. The van der Waals surface area contributed by atoms with Gasteiger partial charge in [0.2, 0.25) is 0 Å². The van der Waals surface area contributed by atoms with Gasteiger partial charge in [0.25, 0.3) is 11.8 Å². The number of nitrogens with one attached hydrogen (secondary N) is 2. The summed E-state index contributed by atoms with van der Waals surface area (Å²) in [5.41, 5.74) is 2.14. The van der Waals surface area contributed by atoms with Crippen molar-refractivity contribution in [1.82, 2.24) is 10.6 Å². The third-order valence-corrected chi connectivity index (χ3v) is 3.30. The summed E-state index contributed by atoms with van der Waals surface area (Å²) in [7, 11) is 1.59. The molecule has 0 saturated carbocycles. The zero-order chi connectivity index (χ0) is 16.5. The first-order valence-electron chi connectivity index (χ1n) is 7.40. The summed E-state index contributed by atoms with van der Waals surface area (Å²) in [5, 5.41) is 5.61. The van der Waals surface area contributed by atoms with E-state index in [-0.39, 0.29) is 11.8 Å². The lowest BCUT2D eigenvalue weighted by atomic mass is 10.1. The van der Waals surface area contributed by atoms with Crippen LogP contribution < -0.4 is 10.6 Å². The Balaban J connectivity index is 1.85. The van der Waals surface area contributed by atoms with E-state index in [0.717, 1.165) is 5.56 Å². The Morgan fingerprint density at radius 1 is 0.870 bits per heavy atom. The molecule has 120 valence electrons. The smallest absolute Gasteiger partial charge is 0.251 e. The second kappa shape index (κ2) is 8.70. The van der Waals surface area contributed by atoms with Gasteiger partial charge in [0, 0.05) is 31.3 Å². The number of carbonyl (C=O) groups excluding carboxylic acids is 2. The van der Waals surface area contributed by atoms with Gasteiger partial charge < -0.3 is 15.4 Å². The summed E-state index contributed by atoms with van der Waals surface area (Å²) in [5.74, 6) is -0.256. The van der Waals surface area contributed by atoms with E-state index in [2.05, 4.69) is 10.6 Å². The summed E-state index contributed by atoms with van der Waals surface area (Å²) in [6.07, 6.45) is 0. The van der Waals surface area contributed by atoms with E-state index in [1.165, 1.54) is 0 Å². The molecule has 0 fully saturated rings. The van der Waals surface area contributed by atoms with Crippen LogP contribution in [0.5, 0.6) is 0 Å². The molecule has 23 heavy (non-hydrogen) atoms. The van der Waals surface area contributed by atoms with Crippen molar-refractivity contribution in [3.63, 3.8) is 0 Å². The van der Waals surface area contributed by atoms with Crippen molar-refractivity contribution in [1.29, 1.82) is 0 Å². The van der Waals surface area contributed by atoms with Gasteiger partial charge in [-0.3, -0.25) is 9.59 Å². The van der Waals surface area contributed by atoms with E-state index in [1.807, 2.05) is 30.3 Å². The molecule has 0 aliphatic carbocycles. The van der Waals surface area contributed by atoms with Gasteiger partial charge in [-0.2, -0.15) is 0 Å². The minimum atomic E-state index is -0.137. The Morgan fingerprint density at radius 3 is 2.13 bits per heavy atom. The first-order chi connectivity index (χ1) is 11.2. The molecule has 5 heteroatoms. The summed E-state index contributed by atoms with van der Waals surface area (Å²) < 4.78 is 4.88. The summed E-state index contributed by atoms with van der Waals surface area (Å²) in [6, 6.07) is 16.2. The van der Waals surface area contributed by atoms with Crippen LogP contribution in [0.25, 0.3) is 0 Å². The molecule has 0 heterocycles. The van der Waals surface area contributed by atoms with Gasteiger partial charge in [-0.1, -0.05) is 30.3 Å². The van der Waals surface area contributed by atoms with Crippen molar-refractivity contribution in [2.24, 2.45) is 0 Å². The number of rotatable bonds is 7. The number of amides is 2. The SMILES string of the molecule is COCCNC(=O)c1ccc(CNC(=O)c2ccccc2)cc1. The lowest BCUT2D eigenvalue weighted by Gasteiger charge is -2.07. The third-order valence-electron chi connectivity index (χ3n) is 3.30. The van der Waals surface area contributed by atoms with Crippen LogP contribution >= 0.6 is 0 Å². The monoisotopic (exact) mass is 312 g/mol. The number of hydrogen-bond donors (Lipinski definition) is 2. The van der Waals surface area contributed by atoms with Gasteiger partial charge in [0.05, 0.1) is 6.61 Å². The van der Waals surface area contributed by atoms with Gasteiger partial charge in [0.1, 0.15) is 0 Å². The van der Waals surface area contributed by atoms with Crippen LogP contribution in [0.4, 0.5) is 0 Å². The van der Waals surface area contributed by atoms with Crippen LogP contribution in [0.15, 0.2) is 54.6 Å². The number of benzene rings is 2. The van der Waals surface area contributed by atoms with E-state index in [4.69, 9.17) is 4.74 Å². The Labute approximate surface area is 135 Å². The van der Waals surface area contributed by atoms with Crippen LogP contribution in [-0.2, 0) is 11.3 Å². The zero-order valence-corrected chi connectivity index (χ0v) is 13.0. The molecule has 0 spiro atoms. The number of hydrogen-bond acceptors (Lipinski definition) is 3. The average Bonchev–Trinajstić information content (AvgIpc) is 2.61. The van der Waals surface area contributed by atoms with Gasteiger partial charge in [-0.25, -0.2) is 0 Å². The molecule has 0 aromatic heterocycles. The number of methoxy groups -OCH3 is 1. The van der Waals surface area contributed by atoms with E-state index >= 15 is 0 Å². The molecule has 0 atom stereocenters. The molecule has 2 rings (SSSR count). The normalized spacial score (nSPS) is 10.1. The highest BCUT2D eigenvalue weighted by atomic mass is 16.5. The van der Waals surface area contributed by atoms with Gasteiger partial charge >= 0.3 is 0 Å². The molecule has 0 radical (unpaired) electrons. The first-order valence-corrected chi connectivity index (χ1v) is 7.40. The molecular weight excluding hydrogens is 292 g/mol. The third kappa shape index (κ3) is 5.23. The zero-order valence-electron chi connectivity index (χ0n) is 13.0. The maximum Gasteiger partial charge on any atom is 0.251 e. The van der Waals surface area contributed by atoms with Crippen molar-refractivity contribution in [3.8, 4) is 0 Å². The van der Waals surface area contributed by atoms with Gasteiger partial charge in [-0.15, -0.1) is 0 Å². The molecule has 0 aliphatic heterocycles. The fraction of sp³-hybridized carbons (Fsp3) is 0.222. The minimum Gasteiger partial charge on any atom is -0.383 e. The van der Waals surface area contributed by atoms with E-state index in [0.29, 0.717) is 30.8 Å². The lowest BCUT2D eigenvalue weighted by molar-refractivity contribution is 0.0932. The van der Waals surface area contributed by atoms with Gasteiger partial charge in [0.15, 0.2) is 0 Å². The van der Waals surface area contributed by atoms with Gasteiger partial charge in [-0.05, 0) is 29.8 Å². The average molecular weight is 312 g/mol. The topological polar surface area (TPSA) is 67.4 Å². The minimum absolute atomic E-state index is 0.119. The molecular formula is C18H20N2O3. The Morgan fingerprint density at radius 2 is 1.48 bits per heavy atom. The van der Waals surface area contributed by atoms with Crippen molar-refractivity contribution < 1.29 is 14.3 Å². The molecule has 2 N–H and O–H groups in total.